The number of aliphatic hydroxyl groups is 1. The fourth-order valence-electron chi connectivity index (χ4n) is 2.69. The summed E-state index contributed by atoms with van der Waals surface area (Å²) in [5, 5.41) is 13.2. The van der Waals surface area contributed by atoms with Crippen molar-refractivity contribution in [1.29, 1.82) is 0 Å². The Bertz CT molecular complexity index is 480. The second kappa shape index (κ2) is 5.83. The van der Waals surface area contributed by atoms with Gasteiger partial charge in [0.25, 0.3) is 0 Å². The van der Waals surface area contributed by atoms with Gasteiger partial charge in [0.15, 0.2) is 0 Å². The van der Waals surface area contributed by atoms with Crippen molar-refractivity contribution in [3.63, 3.8) is 0 Å². The highest BCUT2D eigenvalue weighted by Gasteiger charge is 2.29. The minimum atomic E-state index is -0.855. The molecule has 4 nitrogen and oxygen atoms in total. The summed E-state index contributed by atoms with van der Waals surface area (Å²) in [5.41, 5.74) is 1.46. The van der Waals surface area contributed by atoms with Crippen LogP contribution in [-0.2, 0) is 11.2 Å². The molecular weight excluding hydrogens is 252 g/mol. The predicted molar refractivity (Wildman–Crippen MR) is 80.7 cm³/mol. The van der Waals surface area contributed by atoms with Gasteiger partial charge in [-0.2, -0.15) is 0 Å². The molecule has 0 radical (unpaired) electrons. The van der Waals surface area contributed by atoms with Crippen LogP contribution in [-0.4, -0.2) is 41.1 Å². The van der Waals surface area contributed by atoms with Crippen LogP contribution in [0, 0.1) is 5.92 Å². The van der Waals surface area contributed by atoms with Gasteiger partial charge in [-0.05, 0) is 38.8 Å². The summed E-state index contributed by atoms with van der Waals surface area (Å²) < 4.78 is 0. The highest BCUT2D eigenvalue weighted by atomic mass is 16.3. The number of carbonyl (C=O) groups excluding carboxylic acids is 1. The minimum absolute atomic E-state index is 0.0489. The number of nitrogens with one attached hydrogen (secondary N) is 1. The number of hydrogen-bond acceptors (Lipinski definition) is 3. The second-order valence-electron chi connectivity index (χ2n) is 6.10. The van der Waals surface area contributed by atoms with E-state index < -0.39 is 5.60 Å². The Kier molecular flexibility index (Phi) is 4.33. The minimum Gasteiger partial charge on any atom is -0.389 e. The fourth-order valence-corrected chi connectivity index (χ4v) is 2.69. The lowest BCUT2D eigenvalue weighted by Gasteiger charge is -2.33. The Hall–Kier alpha value is -1.55. The van der Waals surface area contributed by atoms with Crippen molar-refractivity contribution < 1.29 is 9.90 Å². The molecule has 0 saturated carbocycles. The molecule has 1 aliphatic heterocycles. The van der Waals surface area contributed by atoms with E-state index in [4.69, 9.17) is 0 Å². The summed E-state index contributed by atoms with van der Waals surface area (Å²) in [4.78, 5) is 14.3. The SMILES string of the molecule is CCN(CC(C)(C)O)C(=O)C1CNc2ccccc2C1. The molecule has 0 aromatic heterocycles. The summed E-state index contributed by atoms with van der Waals surface area (Å²) in [5.74, 6) is 0.0730. The third kappa shape index (κ3) is 3.51. The van der Waals surface area contributed by atoms with Crippen molar-refractivity contribution in [2.75, 3.05) is 25.0 Å². The zero-order chi connectivity index (χ0) is 14.8. The van der Waals surface area contributed by atoms with E-state index >= 15 is 0 Å². The van der Waals surface area contributed by atoms with Crippen molar-refractivity contribution in [2.24, 2.45) is 5.92 Å². The first kappa shape index (κ1) is 14.9. The van der Waals surface area contributed by atoms with E-state index in [0.717, 1.165) is 12.1 Å². The van der Waals surface area contributed by atoms with Crippen molar-refractivity contribution >= 4 is 11.6 Å². The number of carbonyl (C=O) groups is 1. The van der Waals surface area contributed by atoms with Gasteiger partial charge in [0, 0.05) is 25.3 Å². The predicted octanol–water partition coefficient (Wildman–Crippen LogP) is 1.89. The van der Waals surface area contributed by atoms with Crippen LogP contribution in [0.15, 0.2) is 24.3 Å². The molecule has 1 unspecified atom stereocenters. The average Bonchev–Trinajstić information content (AvgIpc) is 2.42. The van der Waals surface area contributed by atoms with E-state index in [1.165, 1.54) is 5.56 Å². The van der Waals surface area contributed by atoms with Crippen LogP contribution in [0.5, 0.6) is 0 Å². The zero-order valence-electron chi connectivity index (χ0n) is 12.5. The standard InChI is InChI=1S/C16H24N2O2/c1-4-18(11-16(2,3)20)15(19)13-9-12-7-5-6-8-14(12)17-10-13/h5-8,13,17,20H,4,9-11H2,1-3H3. The first-order chi connectivity index (χ1) is 9.40. The Balaban J connectivity index is 2.07. The van der Waals surface area contributed by atoms with Gasteiger partial charge in [0.1, 0.15) is 0 Å². The Morgan fingerprint density at radius 2 is 2.15 bits per heavy atom. The summed E-state index contributed by atoms with van der Waals surface area (Å²) in [6.07, 6.45) is 0.768. The maximum atomic E-state index is 12.6. The van der Waals surface area contributed by atoms with Crippen molar-refractivity contribution in [1.82, 2.24) is 4.90 Å². The highest BCUT2D eigenvalue weighted by molar-refractivity contribution is 5.81. The summed E-state index contributed by atoms with van der Waals surface area (Å²) >= 11 is 0. The lowest BCUT2D eigenvalue weighted by molar-refractivity contribution is -0.137. The lowest BCUT2D eigenvalue weighted by atomic mass is 9.92. The molecule has 0 spiro atoms. The van der Waals surface area contributed by atoms with Gasteiger partial charge in [-0.3, -0.25) is 4.79 Å². The van der Waals surface area contributed by atoms with Crippen molar-refractivity contribution in [3.05, 3.63) is 29.8 Å². The Morgan fingerprint density at radius 3 is 2.80 bits per heavy atom. The molecule has 2 N–H and O–H groups in total. The van der Waals surface area contributed by atoms with Crippen LogP contribution in [0.2, 0.25) is 0 Å². The maximum absolute atomic E-state index is 12.6. The molecule has 0 bridgehead atoms. The van der Waals surface area contributed by atoms with E-state index in [0.29, 0.717) is 19.6 Å². The molecule has 0 fully saturated rings. The molecule has 1 aliphatic rings. The molecule has 1 heterocycles. The fraction of sp³-hybridized carbons (Fsp3) is 0.562. The maximum Gasteiger partial charge on any atom is 0.227 e. The summed E-state index contributed by atoms with van der Waals surface area (Å²) in [7, 11) is 0. The molecule has 1 atom stereocenters. The normalized spacial score (nSPS) is 18.1. The molecule has 1 aromatic carbocycles. The largest absolute Gasteiger partial charge is 0.389 e. The molecule has 0 aliphatic carbocycles. The number of benzene rings is 1. The highest BCUT2D eigenvalue weighted by Crippen LogP contribution is 2.25. The van der Waals surface area contributed by atoms with Gasteiger partial charge in [-0.15, -0.1) is 0 Å². The van der Waals surface area contributed by atoms with E-state index in [1.54, 1.807) is 18.7 Å². The molecule has 2 rings (SSSR count). The number of amides is 1. The van der Waals surface area contributed by atoms with E-state index in [2.05, 4.69) is 11.4 Å². The molecule has 0 saturated heterocycles. The van der Waals surface area contributed by atoms with Gasteiger partial charge in [-0.25, -0.2) is 0 Å². The molecule has 110 valence electrons. The third-order valence-corrected chi connectivity index (χ3v) is 3.64. The first-order valence-electron chi connectivity index (χ1n) is 7.23. The Labute approximate surface area is 120 Å². The zero-order valence-corrected chi connectivity index (χ0v) is 12.5. The van der Waals surface area contributed by atoms with E-state index in [-0.39, 0.29) is 11.8 Å². The van der Waals surface area contributed by atoms with Crippen LogP contribution < -0.4 is 5.32 Å². The number of rotatable bonds is 4. The molecular formula is C16H24N2O2. The smallest absolute Gasteiger partial charge is 0.227 e. The summed E-state index contributed by atoms with van der Waals surface area (Å²) in [6, 6.07) is 8.11. The topological polar surface area (TPSA) is 52.6 Å². The number of anilines is 1. The van der Waals surface area contributed by atoms with Crippen LogP contribution in [0.3, 0.4) is 0 Å². The molecule has 20 heavy (non-hydrogen) atoms. The number of hydrogen-bond donors (Lipinski definition) is 2. The number of para-hydroxylation sites is 1. The van der Waals surface area contributed by atoms with Crippen molar-refractivity contribution in [3.8, 4) is 0 Å². The van der Waals surface area contributed by atoms with Gasteiger partial charge < -0.3 is 15.3 Å². The van der Waals surface area contributed by atoms with Gasteiger partial charge in [0.2, 0.25) is 5.91 Å². The van der Waals surface area contributed by atoms with Gasteiger partial charge >= 0.3 is 0 Å². The second-order valence-corrected chi connectivity index (χ2v) is 6.10. The molecule has 1 amide bonds. The van der Waals surface area contributed by atoms with E-state index in [1.807, 2.05) is 25.1 Å². The first-order valence-corrected chi connectivity index (χ1v) is 7.23. The summed E-state index contributed by atoms with van der Waals surface area (Å²) in [6.45, 7) is 7.09. The monoisotopic (exact) mass is 276 g/mol. The van der Waals surface area contributed by atoms with Crippen LogP contribution in [0.25, 0.3) is 0 Å². The quantitative estimate of drug-likeness (QED) is 0.883. The number of likely N-dealkylation sites (N-methyl/N-ethyl adjacent to an activating group) is 1. The average molecular weight is 276 g/mol. The molecule has 4 heteroatoms. The third-order valence-electron chi connectivity index (χ3n) is 3.64. The lowest BCUT2D eigenvalue weighted by Crippen LogP contribution is -2.47. The van der Waals surface area contributed by atoms with Crippen LogP contribution in [0.1, 0.15) is 26.3 Å². The van der Waals surface area contributed by atoms with Gasteiger partial charge in [0.05, 0.1) is 11.5 Å². The van der Waals surface area contributed by atoms with Crippen LogP contribution in [0.4, 0.5) is 5.69 Å². The Morgan fingerprint density at radius 1 is 1.45 bits per heavy atom. The van der Waals surface area contributed by atoms with Crippen molar-refractivity contribution in [2.45, 2.75) is 32.8 Å². The van der Waals surface area contributed by atoms with Gasteiger partial charge in [-0.1, -0.05) is 18.2 Å². The van der Waals surface area contributed by atoms with Crippen LogP contribution >= 0.6 is 0 Å². The number of fused-ring (bicyclic) bond motifs is 1. The van der Waals surface area contributed by atoms with E-state index in [9.17, 15) is 9.90 Å². The molecule has 1 aromatic rings. The number of nitrogens with zero attached hydrogens (tertiary/aromatic N) is 1.